The van der Waals surface area contributed by atoms with Crippen molar-refractivity contribution in [2.75, 3.05) is 13.2 Å². The minimum absolute atomic E-state index is 0.0211. The van der Waals surface area contributed by atoms with Crippen molar-refractivity contribution in [2.24, 2.45) is 0 Å². The molecule has 0 bridgehead atoms. The van der Waals surface area contributed by atoms with Gasteiger partial charge in [-0.1, -0.05) is 23.9 Å². The van der Waals surface area contributed by atoms with E-state index < -0.39 is 4.92 Å². The molecule has 1 aliphatic heterocycles. The van der Waals surface area contributed by atoms with Crippen molar-refractivity contribution < 1.29 is 14.4 Å². The number of hydrogen-bond acceptors (Lipinski definition) is 7. The number of hydrogen-bond donors (Lipinski definition) is 0. The Kier molecular flexibility index (Phi) is 4.98. The predicted molar refractivity (Wildman–Crippen MR) is 103 cm³/mol. The van der Waals surface area contributed by atoms with Crippen LogP contribution in [0.1, 0.15) is 5.56 Å². The van der Waals surface area contributed by atoms with E-state index in [1.54, 1.807) is 42.7 Å². The molecule has 0 unspecified atom stereocenters. The van der Waals surface area contributed by atoms with Gasteiger partial charge in [0.2, 0.25) is 0 Å². The zero-order chi connectivity index (χ0) is 19.5. The van der Waals surface area contributed by atoms with E-state index in [0.717, 1.165) is 5.56 Å². The number of benzene rings is 2. The lowest BCUT2D eigenvalue weighted by molar-refractivity contribution is -0.384. The van der Waals surface area contributed by atoms with Crippen molar-refractivity contribution in [1.29, 1.82) is 0 Å². The van der Waals surface area contributed by atoms with E-state index in [2.05, 4.69) is 4.98 Å². The first-order chi connectivity index (χ1) is 13.6. The number of thioether (sulfide) groups is 1. The third kappa shape index (κ3) is 3.70. The van der Waals surface area contributed by atoms with Gasteiger partial charge in [0.15, 0.2) is 16.5 Å². The second-order valence-corrected chi connectivity index (χ2v) is 6.92. The summed E-state index contributed by atoms with van der Waals surface area (Å²) >= 11 is 1.24. The van der Waals surface area contributed by atoms with Crippen LogP contribution in [0.4, 0.5) is 5.69 Å². The smallest absolute Gasteiger partial charge is 0.287 e. The SMILES string of the molecule is O=c1c(SCc2cccc([N+](=O)[O-])c2)nccn1-c1ccc2c(c1)OCCO2. The van der Waals surface area contributed by atoms with Crippen LogP contribution in [0.25, 0.3) is 5.69 Å². The van der Waals surface area contributed by atoms with E-state index in [0.29, 0.717) is 41.2 Å². The van der Waals surface area contributed by atoms with E-state index in [1.807, 2.05) is 0 Å². The summed E-state index contributed by atoms with van der Waals surface area (Å²) in [7, 11) is 0. The normalized spacial score (nSPS) is 12.6. The molecule has 0 amide bonds. The molecular formula is C19H15N3O5S. The monoisotopic (exact) mass is 397 g/mol. The Morgan fingerprint density at radius 3 is 2.79 bits per heavy atom. The molecular weight excluding hydrogens is 382 g/mol. The maximum Gasteiger partial charge on any atom is 0.287 e. The minimum Gasteiger partial charge on any atom is -0.486 e. The average molecular weight is 397 g/mol. The Bertz CT molecular complexity index is 1100. The van der Waals surface area contributed by atoms with Crippen LogP contribution >= 0.6 is 11.8 Å². The number of aromatic nitrogens is 2. The second kappa shape index (κ2) is 7.73. The molecule has 2 heterocycles. The van der Waals surface area contributed by atoms with Gasteiger partial charge in [-0.25, -0.2) is 4.98 Å². The molecule has 0 fully saturated rings. The fraction of sp³-hybridized carbons (Fsp3) is 0.158. The fourth-order valence-corrected chi connectivity index (χ4v) is 3.63. The fourth-order valence-electron chi connectivity index (χ4n) is 2.79. The van der Waals surface area contributed by atoms with E-state index in [1.165, 1.54) is 28.5 Å². The van der Waals surface area contributed by atoms with Gasteiger partial charge in [0, 0.05) is 36.3 Å². The molecule has 0 aliphatic carbocycles. The van der Waals surface area contributed by atoms with Crippen LogP contribution in [-0.2, 0) is 5.75 Å². The third-order valence-electron chi connectivity index (χ3n) is 4.11. The largest absolute Gasteiger partial charge is 0.486 e. The molecule has 1 aromatic heterocycles. The minimum atomic E-state index is -0.441. The van der Waals surface area contributed by atoms with Gasteiger partial charge in [0.25, 0.3) is 11.2 Å². The number of fused-ring (bicyclic) bond motifs is 1. The van der Waals surface area contributed by atoms with Gasteiger partial charge in [-0.15, -0.1) is 0 Å². The highest BCUT2D eigenvalue weighted by atomic mass is 32.2. The van der Waals surface area contributed by atoms with Gasteiger partial charge in [0.1, 0.15) is 13.2 Å². The van der Waals surface area contributed by atoms with Crippen molar-refractivity contribution in [3.8, 4) is 17.2 Å². The summed E-state index contributed by atoms with van der Waals surface area (Å²) in [6.07, 6.45) is 3.14. The molecule has 142 valence electrons. The van der Waals surface area contributed by atoms with Crippen molar-refractivity contribution in [3.05, 3.63) is 80.9 Å². The first kappa shape index (κ1) is 18.1. The van der Waals surface area contributed by atoms with Gasteiger partial charge in [-0.2, -0.15) is 0 Å². The van der Waals surface area contributed by atoms with E-state index in [9.17, 15) is 14.9 Å². The maximum atomic E-state index is 12.8. The molecule has 0 N–H and O–H groups in total. The van der Waals surface area contributed by atoms with Crippen LogP contribution in [0, 0.1) is 10.1 Å². The van der Waals surface area contributed by atoms with Crippen molar-refractivity contribution in [3.63, 3.8) is 0 Å². The van der Waals surface area contributed by atoms with E-state index >= 15 is 0 Å². The molecule has 0 atom stereocenters. The molecule has 9 heteroatoms. The highest BCUT2D eigenvalue weighted by Crippen LogP contribution is 2.31. The lowest BCUT2D eigenvalue weighted by Gasteiger charge is -2.19. The highest BCUT2D eigenvalue weighted by molar-refractivity contribution is 7.98. The molecule has 4 rings (SSSR count). The van der Waals surface area contributed by atoms with Crippen molar-refractivity contribution >= 4 is 17.4 Å². The molecule has 1 aliphatic rings. The van der Waals surface area contributed by atoms with Crippen LogP contribution in [0.3, 0.4) is 0 Å². The summed E-state index contributed by atoms with van der Waals surface area (Å²) in [5, 5.41) is 11.2. The van der Waals surface area contributed by atoms with Crippen LogP contribution < -0.4 is 15.0 Å². The summed E-state index contributed by atoms with van der Waals surface area (Å²) in [6.45, 7) is 0.964. The van der Waals surface area contributed by atoms with Crippen LogP contribution in [-0.4, -0.2) is 27.7 Å². The van der Waals surface area contributed by atoms with Crippen LogP contribution in [0.5, 0.6) is 11.5 Å². The number of non-ortho nitro benzene ring substituents is 1. The number of ether oxygens (including phenoxy) is 2. The third-order valence-corrected chi connectivity index (χ3v) is 5.14. The maximum absolute atomic E-state index is 12.8. The standard InChI is InChI=1S/C19H15N3O5S/c23-19-18(28-12-13-2-1-3-15(10-13)22(24)25)20-6-7-21(19)14-4-5-16-17(11-14)27-9-8-26-16/h1-7,10-11H,8-9,12H2. The molecule has 0 saturated heterocycles. The van der Waals surface area contributed by atoms with E-state index in [4.69, 9.17) is 9.47 Å². The molecule has 2 aromatic carbocycles. The first-order valence-electron chi connectivity index (χ1n) is 8.45. The summed E-state index contributed by atoms with van der Waals surface area (Å²) in [5.41, 5.74) is 1.14. The number of nitro benzene ring substituents is 1. The van der Waals surface area contributed by atoms with Crippen molar-refractivity contribution in [1.82, 2.24) is 9.55 Å². The quantitative estimate of drug-likeness (QED) is 0.370. The van der Waals surface area contributed by atoms with Gasteiger partial charge in [-0.05, 0) is 17.7 Å². The number of rotatable bonds is 5. The van der Waals surface area contributed by atoms with Crippen LogP contribution in [0.15, 0.2) is 64.7 Å². The predicted octanol–water partition coefficient (Wildman–Crippen LogP) is 3.20. The summed E-state index contributed by atoms with van der Waals surface area (Å²) < 4.78 is 12.6. The van der Waals surface area contributed by atoms with Crippen molar-refractivity contribution in [2.45, 2.75) is 10.8 Å². The Hall–Kier alpha value is -3.33. The first-order valence-corrected chi connectivity index (χ1v) is 9.44. The average Bonchev–Trinajstić information content (AvgIpc) is 2.73. The Morgan fingerprint density at radius 2 is 1.96 bits per heavy atom. The molecule has 0 saturated carbocycles. The van der Waals surface area contributed by atoms with Gasteiger partial charge in [0.05, 0.1) is 10.6 Å². The number of nitrogens with zero attached hydrogens (tertiary/aromatic N) is 3. The summed E-state index contributed by atoms with van der Waals surface area (Å²) in [6, 6.07) is 11.6. The number of nitro groups is 1. The summed E-state index contributed by atoms with van der Waals surface area (Å²) in [5.74, 6) is 1.64. The second-order valence-electron chi connectivity index (χ2n) is 5.95. The highest BCUT2D eigenvalue weighted by Gasteiger charge is 2.14. The Morgan fingerprint density at radius 1 is 1.14 bits per heavy atom. The molecule has 0 spiro atoms. The van der Waals surface area contributed by atoms with Gasteiger partial charge < -0.3 is 9.47 Å². The summed E-state index contributed by atoms with van der Waals surface area (Å²) in [4.78, 5) is 27.5. The lowest BCUT2D eigenvalue weighted by atomic mass is 10.2. The molecule has 8 nitrogen and oxygen atoms in total. The Balaban J connectivity index is 1.58. The zero-order valence-electron chi connectivity index (χ0n) is 14.6. The van der Waals surface area contributed by atoms with E-state index in [-0.39, 0.29) is 11.2 Å². The zero-order valence-corrected chi connectivity index (χ0v) is 15.4. The molecule has 3 aromatic rings. The lowest BCUT2D eigenvalue weighted by Crippen LogP contribution is -2.21. The van der Waals surface area contributed by atoms with Gasteiger partial charge in [-0.3, -0.25) is 19.5 Å². The molecule has 0 radical (unpaired) electrons. The van der Waals surface area contributed by atoms with Crippen LogP contribution in [0.2, 0.25) is 0 Å². The topological polar surface area (TPSA) is 96.5 Å². The van der Waals surface area contributed by atoms with Gasteiger partial charge >= 0.3 is 0 Å². The molecule has 28 heavy (non-hydrogen) atoms. The Labute approximate surface area is 163 Å².